The van der Waals surface area contributed by atoms with Gasteiger partial charge in [0, 0.05) is 41.0 Å². The molecule has 0 bridgehead atoms. The summed E-state index contributed by atoms with van der Waals surface area (Å²) >= 11 is 0. The minimum atomic E-state index is -4.48. The lowest BCUT2D eigenvalue weighted by Crippen LogP contribution is -2.06. The second-order valence-corrected chi connectivity index (χ2v) is 12.9. The molecule has 0 aliphatic rings. The molecule has 246 valence electrons. The van der Waals surface area contributed by atoms with Gasteiger partial charge in [0.25, 0.3) is 10.1 Å². The molecule has 3 aromatic carbocycles. The van der Waals surface area contributed by atoms with Crippen LogP contribution in [0.15, 0.2) is 133 Å². The van der Waals surface area contributed by atoms with Gasteiger partial charge >= 0.3 is 0 Å². The van der Waals surface area contributed by atoms with Crippen molar-refractivity contribution >= 4 is 26.8 Å². The number of aromatic nitrogens is 4. The standard InChI is InChI=1S/C39H28N4O6S/c1-24-16-18-40-34(20-24)32-8-5-9-33(42-32)35-22-29(17-19-41-35)48-36-23-38(43-31-7-4-3-6-30(31)36)49-28-14-12-26(13-15-28)39(44)27-11-10-25(2)37(21-27)50(45,46)47/h3-23H,1-2H3,(H,45,46,47). The Morgan fingerprint density at radius 3 is 2.08 bits per heavy atom. The van der Waals surface area contributed by atoms with E-state index in [4.69, 9.17) is 14.5 Å². The summed E-state index contributed by atoms with van der Waals surface area (Å²) in [4.78, 5) is 31.3. The molecule has 11 heteroatoms. The highest BCUT2D eigenvalue weighted by Crippen LogP contribution is 2.35. The molecule has 0 aliphatic carbocycles. The van der Waals surface area contributed by atoms with Crippen molar-refractivity contribution in [3.8, 4) is 45.9 Å². The van der Waals surface area contributed by atoms with Gasteiger partial charge in [-0.15, -0.1) is 0 Å². The van der Waals surface area contributed by atoms with E-state index in [9.17, 15) is 17.8 Å². The van der Waals surface area contributed by atoms with Crippen LogP contribution < -0.4 is 9.47 Å². The van der Waals surface area contributed by atoms with Crippen molar-refractivity contribution in [2.24, 2.45) is 0 Å². The second-order valence-electron chi connectivity index (χ2n) is 11.5. The summed E-state index contributed by atoms with van der Waals surface area (Å²) in [6.45, 7) is 3.55. The van der Waals surface area contributed by atoms with Crippen LogP contribution in [0.3, 0.4) is 0 Å². The molecule has 0 atom stereocenters. The van der Waals surface area contributed by atoms with Crippen LogP contribution in [-0.4, -0.2) is 38.7 Å². The number of fused-ring (bicyclic) bond motifs is 1. The molecule has 4 heterocycles. The fourth-order valence-electron chi connectivity index (χ4n) is 5.38. The van der Waals surface area contributed by atoms with Crippen LogP contribution in [0.25, 0.3) is 33.7 Å². The van der Waals surface area contributed by atoms with E-state index in [-0.39, 0.29) is 16.3 Å². The predicted octanol–water partition coefficient (Wildman–Crippen LogP) is 8.43. The first-order chi connectivity index (χ1) is 24.1. The molecular weight excluding hydrogens is 653 g/mol. The molecule has 1 N–H and O–H groups in total. The zero-order valence-electron chi connectivity index (χ0n) is 26.8. The van der Waals surface area contributed by atoms with Crippen molar-refractivity contribution in [2.45, 2.75) is 18.7 Å². The van der Waals surface area contributed by atoms with Gasteiger partial charge in [0.05, 0.1) is 33.2 Å². The average Bonchev–Trinajstić information content (AvgIpc) is 3.11. The molecule has 50 heavy (non-hydrogen) atoms. The predicted molar refractivity (Wildman–Crippen MR) is 188 cm³/mol. The Labute approximate surface area is 287 Å². The monoisotopic (exact) mass is 680 g/mol. The largest absolute Gasteiger partial charge is 0.456 e. The van der Waals surface area contributed by atoms with Crippen LogP contribution in [0.1, 0.15) is 27.0 Å². The van der Waals surface area contributed by atoms with Crippen molar-refractivity contribution in [2.75, 3.05) is 0 Å². The van der Waals surface area contributed by atoms with E-state index in [0.717, 1.165) is 22.3 Å². The maximum absolute atomic E-state index is 13.1. The van der Waals surface area contributed by atoms with Crippen LogP contribution in [-0.2, 0) is 10.1 Å². The number of carbonyl (C=O) groups excluding carboxylic acids is 1. The van der Waals surface area contributed by atoms with Crippen LogP contribution in [0.2, 0.25) is 0 Å². The van der Waals surface area contributed by atoms with Crippen molar-refractivity contribution in [1.82, 2.24) is 19.9 Å². The lowest BCUT2D eigenvalue weighted by atomic mass is 10.0. The van der Waals surface area contributed by atoms with Crippen LogP contribution >= 0.6 is 0 Å². The maximum Gasteiger partial charge on any atom is 0.294 e. The molecular formula is C39H28N4O6S. The third kappa shape index (κ3) is 6.95. The Hall–Kier alpha value is -6.30. The normalized spacial score (nSPS) is 11.3. The van der Waals surface area contributed by atoms with Gasteiger partial charge in [-0.3, -0.25) is 19.3 Å². The number of benzene rings is 3. The van der Waals surface area contributed by atoms with Gasteiger partial charge in [-0.05, 0) is 97.8 Å². The summed E-state index contributed by atoms with van der Waals surface area (Å²) < 4.78 is 45.5. The number of pyridine rings is 4. The summed E-state index contributed by atoms with van der Waals surface area (Å²) in [5.74, 6) is 1.32. The lowest BCUT2D eigenvalue weighted by molar-refractivity contribution is 0.103. The third-order valence-electron chi connectivity index (χ3n) is 7.87. The fourth-order valence-corrected chi connectivity index (χ4v) is 6.13. The Morgan fingerprint density at radius 2 is 1.34 bits per heavy atom. The van der Waals surface area contributed by atoms with Gasteiger partial charge in [-0.1, -0.05) is 30.3 Å². The fraction of sp³-hybridized carbons (Fsp3) is 0.0513. The Bertz CT molecular complexity index is 2520. The highest BCUT2D eigenvalue weighted by molar-refractivity contribution is 7.85. The summed E-state index contributed by atoms with van der Waals surface area (Å²) in [6.07, 6.45) is 3.42. The molecule has 0 amide bonds. The Kier molecular flexibility index (Phi) is 8.58. The molecule has 0 spiro atoms. The molecule has 0 saturated heterocycles. The zero-order chi connectivity index (χ0) is 34.8. The number of hydrogen-bond donors (Lipinski definition) is 1. The number of rotatable bonds is 9. The van der Waals surface area contributed by atoms with Crippen molar-refractivity contribution in [1.29, 1.82) is 0 Å². The molecule has 0 fully saturated rings. The number of ketones is 1. The molecule has 7 rings (SSSR count). The number of nitrogens with zero attached hydrogens (tertiary/aromatic N) is 4. The molecule has 4 aromatic heterocycles. The maximum atomic E-state index is 13.1. The minimum Gasteiger partial charge on any atom is -0.456 e. The summed E-state index contributed by atoms with van der Waals surface area (Å²) in [6, 6.07) is 32.9. The second kappa shape index (κ2) is 13.3. The molecule has 7 aromatic rings. The van der Waals surface area contributed by atoms with Gasteiger partial charge in [0.15, 0.2) is 5.78 Å². The third-order valence-corrected chi connectivity index (χ3v) is 8.87. The number of ether oxygens (including phenoxy) is 2. The summed E-state index contributed by atoms with van der Waals surface area (Å²) in [5.41, 5.74) is 5.31. The van der Waals surface area contributed by atoms with E-state index in [0.29, 0.717) is 45.3 Å². The number of hydrogen-bond acceptors (Lipinski definition) is 9. The molecule has 0 saturated carbocycles. The topological polar surface area (TPSA) is 141 Å². The van der Waals surface area contributed by atoms with E-state index in [1.807, 2.05) is 67.6 Å². The van der Waals surface area contributed by atoms with E-state index < -0.39 is 15.9 Å². The number of para-hydroxylation sites is 1. The van der Waals surface area contributed by atoms with Gasteiger partial charge in [-0.2, -0.15) is 8.42 Å². The quantitative estimate of drug-likeness (QED) is 0.117. The summed E-state index contributed by atoms with van der Waals surface area (Å²) in [5, 5.41) is 0.771. The van der Waals surface area contributed by atoms with Crippen LogP contribution in [0.5, 0.6) is 23.1 Å². The first-order valence-corrected chi connectivity index (χ1v) is 16.9. The first-order valence-electron chi connectivity index (χ1n) is 15.5. The first kappa shape index (κ1) is 32.3. The highest BCUT2D eigenvalue weighted by Gasteiger charge is 2.18. The zero-order valence-corrected chi connectivity index (χ0v) is 27.6. The van der Waals surface area contributed by atoms with E-state index in [1.165, 1.54) is 25.1 Å². The Balaban J connectivity index is 1.14. The number of carbonyl (C=O) groups is 1. The molecule has 0 aliphatic heterocycles. The van der Waals surface area contributed by atoms with Crippen molar-refractivity contribution in [3.63, 3.8) is 0 Å². The van der Waals surface area contributed by atoms with Crippen LogP contribution in [0.4, 0.5) is 0 Å². The molecule has 10 nitrogen and oxygen atoms in total. The van der Waals surface area contributed by atoms with E-state index in [1.54, 1.807) is 48.8 Å². The van der Waals surface area contributed by atoms with Crippen molar-refractivity contribution in [3.05, 3.63) is 150 Å². The SMILES string of the molecule is Cc1ccnc(-c2cccc(-c3cc(Oc4cc(Oc5ccc(C(=O)c6ccc(C)c(S(=O)(=O)O)c6)cc5)nc5ccccc45)ccn3)n2)c1. The smallest absolute Gasteiger partial charge is 0.294 e. The van der Waals surface area contributed by atoms with E-state index in [2.05, 4.69) is 15.0 Å². The van der Waals surface area contributed by atoms with Gasteiger partial charge in [-0.25, -0.2) is 9.97 Å². The molecule has 0 radical (unpaired) electrons. The minimum absolute atomic E-state index is 0.126. The van der Waals surface area contributed by atoms with Crippen molar-refractivity contribution < 1.29 is 27.2 Å². The lowest BCUT2D eigenvalue weighted by Gasteiger charge is -2.13. The highest BCUT2D eigenvalue weighted by atomic mass is 32.2. The van der Waals surface area contributed by atoms with Gasteiger partial charge < -0.3 is 9.47 Å². The van der Waals surface area contributed by atoms with Gasteiger partial charge in [0.1, 0.15) is 17.2 Å². The molecule has 0 unspecified atom stereocenters. The Morgan fingerprint density at radius 1 is 0.640 bits per heavy atom. The van der Waals surface area contributed by atoms with E-state index >= 15 is 0 Å². The van der Waals surface area contributed by atoms with Gasteiger partial charge in [0.2, 0.25) is 5.88 Å². The average molecular weight is 681 g/mol. The number of aryl methyl sites for hydroxylation is 2. The van der Waals surface area contributed by atoms with Crippen LogP contribution in [0, 0.1) is 13.8 Å². The summed E-state index contributed by atoms with van der Waals surface area (Å²) in [7, 11) is -4.48.